The van der Waals surface area contributed by atoms with E-state index in [1.165, 1.54) is 5.39 Å². The molecule has 0 fully saturated rings. The average molecular weight is 383 g/mol. The largest absolute Gasteiger partial charge is 0.318 e. The lowest BCUT2D eigenvalue weighted by Gasteiger charge is -2.09. The van der Waals surface area contributed by atoms with Gasteiger partial charge in [0.05, 0.1) is 11.6 Å². The Bertz CT molecular complexity index is 1240. The van der Waals surface area contributed by atoms with E-state index in [4.69, 9.17) is 11.6 Å². The molecule has 0 saturated carbocycles. The quantitative estimate of drug-likeness (QED) is 0.352. The third-order valence-electron chi connectivity index (χ3n) is 5.04. The Morgan fingerprint density at radius 3 is 2.36 bits per heavy atom. The van der Waals surface area contributed by atoms with Crippen molar-refractivity contribution in [3.63, 3.8) is 0 Å². The van der Waals surface area contributed by atoms with Crippen LogP contribution in [0.4, 0.5) is 0 Å². The monoisotopic (exact) mass is 382 g/mol. The number of benzene rings is 3. The Labute approximate surface area is 169 Å². The first-order valence-corrected chi connectivity index (χ1v) is 9.50. The van der Waals surface area contributed by atoms with Crippen molar-refractivity contribution < 1.29 is 0 Å². The van der Waals surface area contributed by atoms with Gasteiger partial charge in [-0.25, -0.2) is 0 Å². The van der Waals surface area contributed by atoms with Crippen molar-refractivity contribution in [2.24, 2.45) is 0 Å². The molecule has 0 atom stereocenters. The van der Waals surface area contributed by atoms with E-state index in [1.54, 1.807) is 0 Å². The number of fused-ring (bicyclic) bond motifs is 1. The van der Waals surface area contributed by atoms with Gasteiger partial charge in [0.25, 0.3) is 0 Å². The van der Waals surface area contributed by atoms with Crippen LogP contribution in [0, 0.1) is 25.2 Å². The molecule has 0 aliphatic rings. The topological polar surface area (TPSA) is 28.7 Å². The van der Waals surface area contributed by atoms with E-state index in [1.807, 2.05) is 48.5 Å². The molecule has 0 bridgehead atoms. The molecule has 136 valence electrons. The minimum Gasteiger partial charge on any atom is -0.318 e. The number of hydrogen-bond acceptors (Lipinski definition) is 1. The minimum atomic E-state index is 0.655. The average Bonchev–Trinajstić information content (AvgIpc) is 2.99. The fourth-order valence-electron chi connectivity index (χ4n) is 3.61. The maximum absolute atomic E-state index is 9.79. The van der Waals surface area contributed by atoms with E-state index in [0.29, 0.717) is 5.57 Å². The second-order valence-corrected chi connectivity index (χ2v) is 7.31. The predicted octanol–water partition coefficient (Wildman–Crippen LogP) is 6.96. The third-order valence-corrected chi connectivity index (χ3v) is 5.29. The summed E-state index contributed by atoms with van der Waals surface area (Å²) in [5.41, 5.74) is 5.88. The number of hydrogen-bond donors (Lipinski definition) is 0. The van der Waals surface area contributed by atoms with Gasteiger partial charge >= 0.3 is 0 Å². The molecule has 0 unspecified atom stereocenters. The number of halogens is 1. The van der Waals surface area contributed by atoms with Gasteiger partial charge in [-0.05, 0) is 78.2 Å². The number of aromatic nitrogens is 1. The van der Waals surface area contributed by atoms with Crippen molar-refractivity contribution in [2.45, 2.75) is 13.8 Å². The summed E-state index contributed by atoms with van der Waals surface area (Å²) in [7, 11) is 0. The molecule has 1 heterocycles. The maximum Gasteiger partial charge on any atom is 0.0998 e. The van der Waals surface area contributed by atoms with Crippen molar-refractivity contribution >= 4 is 34.0 Å². The molecule has 0 spiro atoms. The first-order valence-electron chi connectivity index (χ1n) is 9.12. The molecule has 0 N–H and O–H groups in total. The van der Waals surface area contributed by atoms with E-state index in [-0.39, 0.29) is 0 Å². The summed E-state index contributed by atoms with van der Waals surface area (Å²) < 4.78 is 2.18. The van der Waals surface area contributed by atoms with Crippen molar-refractivity contribution in [3.05, 3.63) is 100 Å². The molecular weight excluding hydrogens is 364 g/mol. The van der Waals surface area contributed by atoms with Crippen molar-refractivity contribution in [3.8, 4) is 11.8 Å². The van der Waals surface area contributed by atoms with Crippen LogP contribution >= 0.6 is 11.6 Å². The zero-order valence-corrected chi connectivity index (χ0v) is 16.5. The van der Waals surface area contributed by atoms with Crippen molar-refractivity contribution in [1.29, 1.82) is 5.26 Å². The standard InChI is InChI=1S/C25H19ClN2/c1-17-13-22(18(2)28(17)25-11-9-24(26)10-12-25)15-23(16-27)21-8-7-19-5-3-4-6-20(19)14-21/h3-15H,1-2H3/b23-15+. The summed E-state index contributed by atoms with van der Waals surface area (Å²) in [6, 6.07) is 26.6. The summed E-state index contributed by atoms with van der Waals surface area (Å²) in [5.74, 6) is 0. The number of aryl methyl sites for hydroxylation is 1. The van der Waals surface area contributed by atoms with Crippen LogP contribution in [0.15, 0.2) is 72.8 Å². The Kier molecular flexibility index (Phi) is 4.77. The molecule has 0 aliphatic heterocycles. The molecule has 3 aromatic carbocycles. The zero-order chi connectivity index (χ0) is 19.7. The molecule has 4 rings (SSSR count). The van der Waals surface area contributed by atoms with Gasteiger partial charge in [0.1, 0.15) is 0 Å². The Hall–Kier alpha value is -3.28. The molecular formula is C25H19ClN2. The van der Waals surface area contributed by atoms with Crippen LogP contribution in [0.25, 0.3) is 28.1 Å². The molecule has 0 aliphatic carbocycles. The normalized spacial score (nSPS) is 11.6. The summed E-state index contributed by atoms with van der Waals surface area (Å²) in [5, 5.41) is 12.8. The van der Waals surface area contributed by atoms with E-state index < -0.39 is 0 Å². The van der Waals surface area contributed by atoms with Gasteiger partial charge in [-0.2, -0.15) is 5.26 Å². The number of rotatable bonds is 3. The van der Waals surface area contributed by atoms with Gasteiger partial charge in [-0.3, -0.25) is 0 Å². The molecule has 3 heteroatoms. The van der Waals surface area contributed by atoms with Crippen LogP contribution in [0.1, 0.15) is 22.5 Å². The van der Waals surface area contributed by atoms with Crippen LogP contribution in [-0.4, -0.2) is 4.57 Å². The second-order valence-electron chi connectivity index (χ2n) is 6.87. The minimum absolute atomic E-state index is 0.655. The molecule has 4 aromatic rings. The highest BCUT2D eigenvalue weighted by atomic mass is 35.5. The van der Waals surface area contributed by atoms with E-state index in [0.717, 1.165) is 38.6 Å². The van der Waals surface area contributed by atoms with Crippen molar-refractivity contribution in [2.75, 3.05) is 0 Å². The summed E-state index contributed by atoms with van der Waals surface area (Å²) in [6.45, 7) is 4.14. The van der Waals surface area contributed by atoms with E-state index >= 15 is 0 Å². The fourth-order valence-corrected chi connectivity index (χ4v) is 3.74. The fraction of sp³-hybridized carbons (Fsp3) is 0.0800. The Morgan fingerprint density at radius 1 is 0.929 bits per heavy atom. The zero-order valence-electron chi connectivity index (χ0n) is 15.8. The number of nitrogens with zero attached hydrogens (tertiary/aromatic N) is 2. The molecule has 1 aromatic heterocycles. The van der Waals surface area contributed by atoms with Gasteiger partial charge in [0.15, 0.2) is 0 Å². The third kappa shape index (κ3) is 3.33. The Morgan fingerprint density at radius 2 is 1.64 bits per heavy atom. The van der Waals surface area contributed by atoms with Gasteiger partial charge < -0.3 is 4.57 Å². The molecule has 0 amide bonds. The summed E-state index contributed by atoms with van der Waals surface area (Å²) >= 11 is 6.03. The highest BCUT2D eigenvalue weighted by molar-refractivity contribution is 6.30. The molecule has 0 radical (unpaired) electrons. The SMILES string of the molecule is Cc1cc(/C=C(\C#N)c2ccc3ccccc3c2)c(C)n1-c1ccc(Cl)cc1. The lowest BCUT2D eigenvalue weighted by Crippen LogP contribution is -1.98. The molecule has 2 nitrogen and oxygen atoms in total. The van der Waals surface area contributed by atoms with Crippen LogP contribution in [-0.2, 0) is 0 Å². The smallest absolute Gasteiger partial charge is 0.0998 e. The van der Waals surface area contributed by atoms with Gasteiger partial charge in [0.2, 0.25) is 0 Å². The van der Waals surface area contributed by atoms with E-state index in [2.05, 4.69) is 54.8 Å². The van der Waals surface area contributed by atoms with Crippen molar-refractivity contribution in [1.82, 2.24) is 4.57 Å². The first-order chi connectivity index (χ1) is 13.6. The summed E-state index contributed by atoms with van der Waals surface area (Å²) in [6.07, 6.45) is 1.97. The highest BCUT2D eigenvalue weighted by Gasteiger charge is 2.11. The van der Waals surface area contributed by atoms with E-state index in [9.17, 15) is 5.26 Å². The Balaban J connectivity index is 1.79. The van der Waals surface area contributed by atoms with Crippen LogP contribution < -0.4 is 0 Å². The number of allylic oxidation sites excluding steroid dienone is 1. The van der Waals surface area contributed by atoms with Crippen LogP contribution in [0.3, 0.4) is 0 Å². The van der Waals surface area contributed by atoms with Gasteiger partial charge in [-0.1, -0.05) is 48.0 Å². The lowest BCUT2D eigenvalue weighted by atomic mass is 10.0. The second kappa shape index (κ2) is 7.38. The highest BCUT2D eigenvalue weighted by Crippen LogP contribution is 2.27. The number of nitriles is 1. The van der Waals surface area contributed by atoms with Crippen LogP contribution in [0.2, 0.25) is 5.02 Å². The summed E-state index contributed by atoms with van der Waals surface area (Å²) in [4.78, 5) is 0. The maximum atomic E-state index is 9.79. The lowest BCUT2D eigenvalue weighted by molar-refractivity contribution is 0.964. The van der Waals surface area contributed by atoms with Gasteiger partial charge in [-0.15, -0.1) is 0 Å². The van der Waals surface area contributed by atoms with Gasteiger partial charge in [0, 0.05) is 22.1 Å². The van der Waals surface area contributed by atoms with Crippen LogP contribution in [0.5, 0.6) is 0 Å². The predicted molar refractivity (Wildman–Crippen MR) is 118 cm³/mol. The first kappa shape index (κ1) is 18.1. The molecule has 0 saturated heterocycles. The molecule has 28 heavy (non-hydrogen) atoms.